The molecular formula is C17H27N3O. The molecule has 1 atom stereocenters. The maximum atomic E-state index is 11.9. The molecule has 4 nitrogen and oxygen atoms in total. The van der Waals surface area contributed by atoms with Crippen LogP contribution in [0.15, 0.2) is 24.3 Å². The maximum Gasteiger partial charge on any atom is 0.251 e. The van der Waals surface area contributed by atoms with E-state index in [1.807, 2.05) is 38.1 Å². The zero-order chi connectivity index (χ0) is 15.2. The van der Waals surface area contributed by atoms with Crippen LogP contribution in [0.4, 0.5) is 5.69 Å². The van der Waals surface area contributed by atoms with Crippen LogP contribution in [0, 0.1) is 0 Å². The summed E-state index contributed by atoms with van der Waals surface area (Å²) in [6.07, 6.45) is 3.62. The fourth-order valence-corrected chi connectivity index (χ4v) is 2.68. The Kier molecular flexibility index (Phi) is 5.62. The van der Waals surface area contributed by atoms with Gasteiger partial charge in [-0.05, 0) is 77.5 Å². The van der Waals surface area contributed by atoms with Crippen molar-refractivity contribution in [2.45, 2.75) is 45.2 Å². The predicted molar refractivity (Wildman–Crippen MR) is 87.8 cm³/mol. The molecule has 2 N–H and O–H groups in total. The van der Waals surface area contributed by atoms with E-state index in [1.165, 1.54) is 25.8 Å². The molecule has 1 amide bonds. The summed E-state index contributed by atoms with van der Waals surface area (Å²) in [4.78, 5) is 14.3. The Morgan fingerprint density at radius 3 is 2.57 bits per heavy atom. The zero-order valence-corrected chi connectivity index (χ0v) is 13.4. The summed E-state index contributed by atoms with van der Waals surface area (Å²) in [7, 11) is 2.19. The monoisotopic (exact) mass is 289 g/mol. The summed E-state index contributed by atoms with van der Waals surface area (Å²) in [5, 5.41) is 6.50. The van der Waals surface area contributed by atoms with Crippen LogP contribution in [0.25, 0.3) is 0 Å². The van der Waals surface area contributed by atoms with Crippen molar-refractivity contribution >= 4 is 11.6 Å². The molecule has 4 heteroatoms. The minimum Gasteiger partial charge on any atom is -0.382 e. The van der Waals surface area contributed by atoms with Gasteiger partial charge in [0.25, 0.3) is 5.91 Å². The Morgan fingerprint density at radius 1 is 1.19 bits per heavy atom. The van der Waals surface area contributed by atoms with E-state index in [0.717, 1.165) is 17.8 Å². The van der Waals surface area contributed by atoms with E-state index in [2.05, 4.69) is 22.6 Å². The minimum absolute atomic E-state index is 0.00681. The van der Waals surface area contributed by atoms with Gasteiger partial charge in [0.2, 0.25) is 0 Å². The van der Waals surface area contributed by atoms with Crippen LogP contribution >= 0.6 is 0 Å². The number of hydrogen-bond donors (Lipinski definition) is 2. The van der Waals surface area contributed by atoms with Crippen LogP contribution in [0.5, 0.6) is 0 Å². The van der Waals surface area contributed by atoms with Crippen molar-refractivity contribution in [1.82, 2.24) is 10.2 Å². The lowest BCUT2D eigenvalue weighted by Crippen LogP contribution is -2.30. The molecule has 1 aliphatic rings. The number of benzene rings is 1. The maximum absolute atomic E-state index is 11.9. The molecule has 0 spiro atoms. The van der Waals surface area contributed by atoms with E-state index in [9.17, 15) is 4.79 Å². The Hall–Kier alpha value is -1.55. The summed E-state index contributed by atoms with van der Waals surface area (Å²) in [6.45, 7) is 6.27. The first kappa shape index (κ1) is 15.8. The van der Waals surface area contributed by atoms with Crippen molar-refractivity contribution in [2.75, 3.05) is 25.5 Å². The van der Waals surface area contributed by atoms with Crippen LogP contribution in [0.3, 0.4) is 0 Å². The number of likely N-dealkylation sites (tertiary alicyclic amines) is 1. The highest BCUT2D eigenvalue weighted by atomic mass is 16.1. The fourth-order valence-electron chi connectivity index (χ4n) is 2.68. The first-order valence-electron chi connectivity index (χ1n) is 7.90. The van der Waals surface area contributed by atoms with Crippen LogP contribution in [-0.4, -0.2) is 43.0 Å². The van der Waals surface area contributed by atoms with Gasteiger partial charge in [-0.25, -0.2) is 0 Å². The molecule has 1 aromatic carbocycles. The molecule has 1 saturated heterocycles. The molecule has 1 unspecified atom stereocenters. The van der Waals surface area contributed by atoms with Gasteiger partial charge in [-0.3, -0.25) is 4.79 Å². The Morgan fingerprint density at radius 2 is 1.90 bits per heavy atom. The van der Waals surface area contributed by atoms with Gasteiger partial charge in [0.15, 0.2) is 0 Å². The van der Waals surface area contributed by atoms with Crippen LogP contribution in [0.2, 0.25) is 0 Å². The van der Waals surface area contributed by atoms with E-state index in [1.54, 1.807) is 0 Å². The van der Waals surface area contributed by atoms with Gasteiger partial charge >= 0.3 is 0 Å². The SMILES string of the molecule is CC(C)NC(=O)c1ccc(NC2CCCN(C)CC2)cc1. The molecule has 1 fully saturated rings. The third kappa shape index (κ3) is 5.05. The molecule has 0 aromatic heterocycles. The Bertz CT molecular complexity index is 456. The number of amides is 1. The standard InChI is InChI=1S/C17H27N3O/c1-13(2)18-17(21)14-6-8-16(9-7-14)19-15-5-4-11-20(3)12-10-15/h6-9,13,15,19H,4-5,10-12H2,1-3H3,(H,18,21). The highest BCUT2D eigenvalue weighted by molar-refractivity contribution is 5.94. The first-order chi connectivity index (χ1) is 10.0. The van der Waals surface area contributed by atoms with Crippen LogP contribution in [-0.2, 0) is 0 Å². The normalized spacial score (nSPS) is 20.1. The van der Waals surface area contributed by atoms with Gasteiger partial charge in [-0.15, -0.1) is 0 Å². The lowest BCUT2D eigenvalue weighted by molar-refractivity contribution is 0.0943. The molecule has 0 saturated carbocycles. The molecule has 1 aliphatic heterocycles. The summed E-state index contributed by atoms with van der Waals surface area (Å²) >= 11 is 0. The van der Waals surface area contributed by atoms with Crippen molar-refractivity contribution in [2.24, 2.45) is 0 Å². The molecule has 116 valence electrons. The number of rotatable bonds is 4. The molecule has 0 aliphatic carbocycles. The van der Waals surface area contributed by atoms with Gasteiger partial charge < -0.3 is 15.5 Å². The molecule has 21 heavy (non-hydrogen) atoms. The Labute approximate surface area is 127 Å². The average molecular weight is 289 g/mol. The molecule has 1 heterocycles. The van der Waals surface area contributed by atoms with Gasteiger partial charge in [0.1, 0.15) is 0 Å². The largest absolute Gasteiger partial charge is 0.382 e. The second-order valence-electron chi connectivity index (χ2n) is 6.28. The minimum atomic E-state index is -0.00681. The van der Waals surface area contributed by atoms with E-state index >= 15 is 0 Å². The molecule has 2 rings (SSSR count). The number of nitrogens with zero attached hydrogens (tertiary/aromatic N) is 1. The number of nitrogens with one attached hydrogen (secondary N) is 2. The Balaban J connectivity index is 1.91. The van der Waals surface area contributed by atoms with Crippen molar-refractivity contribution in [3.63, 3.8) is 0 Å². The van der Waals surface area contributed by atoms with Gasteiger partial charge in [-0.1, -0.05) is 0 Å². The number of hydrogen-bond acceptors (Lipinski definition) is 3. The fraction of sp³-hybridized carbons (Fsp3) is 0.588. The predicted octanol–water partition coefficient (Wildman–Crippen LogP) is 2.72. The van der Waals surface area contributed by atoms with Crippen LogP contribution < -0.4 is 10.6 Å². The highest BCUT2D eigenvalue weighted by Crippen LogP contribution is 2.17. The van der Waals surface area contributed by atoms with Gasteiger partial charge in [-0.2, -0.15) is 0 Å². The lowest BCUT2D eigenvalue weighted by atomic mass is 10.1. The third-order valence-corrected chi connectivity index (χ3v) is 3.89. The average Bonchev–Trinajstić information content (AvgIpc) is 2.64. The third-order valence-electron chi connectivity index (χ3n) is 3.89. The molecule has 0 radical (unpaired) electrons. The zero-order valence-electron chi connectivity index (χ0n) is 13.4. The second kappa shape index (κ2) is 7.46. The van der Waals surface area contributed by atoms with Crippen molar-refractivity contribution in [3.8, 4) is 0 Å². The lowest BCUT2D eigenvalue weighted by Gasteiger charge is -2.18. The summed E-state index contributed by atoms with van der Waals surface area (Å²) in [6, 6.07) is 8.49. The summed E-state index contributed by atoms with van der Waals surface area (Å²) in [5.74, 6) is -0.00681. The second-order valence-corrected chi connectivity index (χ2v) is 6.28. The van der Waals surface area contributed by atoms with Crippen LogP contribution in [0.1, 0.15) is 43.5 Å². The van der Waals surface area contributed by atoms with Crippen molar-refractivity contribution in [1.29, 1.82) is 0 Å². The quantitative estimate of drug-likeness (QED) is 0.896. The van der Waals surface area contributed by atoms with E-state index in [4.69, 9.17) is 0 Å². The van der Waals surface area contributed by atoms with Crippen molar-refractivity contribution in [3.05, 3.63) is 29.8 Å². The number of carbonyl (C=O) groups excluding carboxylic acids is 1. The van der Waals surface area contributed by atoms with E-state index in [-0.39, 0.29) is 11.9 Å². The molecule has 1 aromatic rings. The molecule has 0 bridgehead atoms. The number of anilines is 1. The summed E-state index contributed by atoms with van der Waals surface area (Å²) < 4.78 is 0. The smallest absolute Gasteiger partial charge is 0.251 e. The number of carbonyl (C=O) groups is 1. The molecular weight excluding hydrogens is 262 g/mol. The van der Waals surface area contributed by atoms with Gasteiger partial charge in [0.05, 0.1) is 0 Å². The van der Waals surface area contributed by atoms with Gasteiger partial charge in [0, 0.05) is 23.3 Å². The van der Waals surface area contributed by atoms with Crippen molar-refractivity contribution < 1.29 is 4.79 Å². The highest BCUT2D eigenvalue weighted by Gasteiger charge is 2.14. The van der Waals surface area contributed by atoms with E-state index in [0.29, 0.717) is 6.04 Å². The summed E-state index contributed by atoms with van der Waals surface area (Å²) in [5.41, 5.74) is 1.82. The topological polar surface area (TPSA) is 44.4 Å². The van der Waals surface area contributed by atoms with E-state index < -0.39 is 0 Å². The first-order valence-corrected chi connectivity index (χ1v) is 7.90.